The normalized spacial score (nSPS) is 12.6. The van der Waals surface area contributed by atoms with Gasteiger partial charge in [-0.2, -0.15) is 11.8 Å². The van der Waals surface area contributed by atoms with Gasteiger partial charge in [0.15, 0.2) is 0 Å². The Hall–Kier alpha value is 0.790. The number of ether oxygens (including phenoxy) is 1. The fourth-order valence-electron chi connectivity index (χ4n) is 2.99. The van der Waals surface area contributed by atoms with E-state index >= 15 is 0 Å². The van der Waals surface area contributed by atoms with Crippen LogP contribution in [0.5, 0.6) is 0 Å². The molecule has 0 heterocycles. The quantitative estimate of drug-likeness (QED) is 0.145. The van der Waals surface area contributed by atoms with Crippen LogP contribution in [-0.2, 0) is 4.74 Å². The number of alkyl halides is 1. The van der Waals surface area contributed by atoms with Crippen LogP contribution in [0.4, 0.5) is 0 Å². The van der Waals surface area contributed by atoms with Crippen molar-refractivity contribution in [2.45, 2.75) is 110 Å². The lowest BCUT2D eigenvalue weighted by atomic mass is 10.0. The fraction of sp³-hybridized carbons (Fsp3) is 1.00. The maximum absolute atomic E-state index is 5.65. The lowest BCUT2D eigenvalue weighted by Gasteiger charge is -2.13. The van der Waals surface area contributed by atoms with Crippen LogP contribution >= 0.6 is 27.7 Å². The molecule has 0 fully saturated rings. The molecule has 0 saturated carbocycles. The Morgan fingerprint density at radius 1 is 0.708 bits per heavy atom. The van der Waals surface area contributed by atoms with Crippen molar-refractivity contribution >= 4 is 27.7 Å². The largest absolute Gasteiger partial charge is 0.377 e. The summed E-state index contributed by atoms with van der Waals surface area (Å²) in [4.78, 5) is 0. The van der Waals surface area contributed by atoms with E-state index in [2.05, 4.69) is 41.5 Å². The SMILES string of the molecule is CCCCCCCCCCCCCCCCSCC(CBr)OCC. The van der Waals surface area contributed by atoms with Crippen molar-refractivity contribution < 1.29 is 4.74 Å². The van der Waals surface area contributed by atoms with Crippen LogP contribution in [0.15, 0.2) is 0 Å². The summed E-state index contributed by atoms with van der Waals surface area (Å²) in [7, 11) is 0. The van der Waals surface area contributed by atoms with Crippen molar-refractivity contribution in [2.75, 3.05) is 23.4 Å². The molecule has 0 aliphatic carbocycles. The number of rotatable bonds is 20. The van der Waals surface area contributed by atoms with E-state index < -0.39 is 0 Å². The van der Waals surface area contributed by atoms with Gasteiger partial charge in [0.2, 0.25) is 0 Å². The van der Waals surface area contributed by atoms with Crippen molar-refractivity contribution in [2.24, 2.45) is 0 Å². The van der Waals surface area contributed by atoms with E-state index in [9.17, 15) is 0 Å². The lowest BCUT2D eigenvalue weighted by molar-refractivity contribution is 0.0972. The van der Waals surface area contributed by atoms with E-state index in [1.54, 1.807) is 0 Å². The van der Waals surface area contributed by atoms with Crippen molar-refractivity contribution in [3.8, 4) is 0 Å². The molecule has 0 spiro atoms. The highest BCUT2D eigenvalue weighted by molar-refractivity contribution is 9.09. The van der Waals surface area contributed by atoms with Crippen LogP contribution in [0.3, 0.4) is 0 Å². The number of unbranched alkanes of at least 4 members (excludes halogenated alkanes) is 13. The first-order chi connectivity index (χ1) is 11.8. The third kappa shape index (κ3) is 19.1. The maximum Gasteiger partial charge on any atom is 0.0761 e. The molecular formula is C21H43BrOS. The highest BCUT2D eigenvalue weighted by Gasteiger charge is 2.05. The molecule has 0 aliphatic rings. The molecule has 0 aromatic carbocycles. The third-order valence-electron chi connectivity index (χ3n) is 4.52. The second-order valence-electron chi connectivity index (χ2n) is 6.90. The molecule has 1 unspecified atom stereocenters. The number of hydrogen-bond acceptors (Lipinski definition) is 2. The Morgan fingerprint density at radius 2 is 1.17 bits per heavy atom. The number of hydrogen-bond donors (Lipinski definition) is 0. The third-order valence-corrected chi connectivity index (χ3v) is 6.43. The van der Waals surface area contributed by atoms with Crippen LogP contribution < -0.4 is 0 Å². The molecule has 0 radical (unpaired) electrons. The summed E-state index contributed by atoms with van der Waals surface area (Å²) in [5.74, 6) is 2.44. The van der Waals surface area contributed by atoms with Crippen LogP contribution in [0.25, 0.3) is 0 Å². The van der Waals surface area contributed by atoms with Crippen molar-refractivity contribution in [1.29, 1.82) is 0 Å². The lowest BCUT2D eigenvalue weighted by Crippen LogP contribution is -2.17. The highest BCUT2D eigenvalue weighted by Crippen LogP contribution is 2.15. The summed E-state index contributed by atoms with van der Waals surface area (Å²) in [5.41, 5.74) is 0. The minimum atomic E-state index is 0.395. The van der Waals surface area contributed by atoms with Gasteiger partial charge >= 0.3 is 0 Å². The Bertz CT molecular complexity index is 226. The Labute approximate surface area is 165 Å². The first-order valence-corrected chi connectivity index (χ1v) is 12.9. The van der Waals surface area contributed by atoms with Gasteiger partial charge in [0, 0.05) is 17.7 Å². The van der Waals surface area contributed by atoms with E-state index in [1.165, 1.54) is 95.6 Å². The Morgan fingerprint density at radius 3 is 1.58 bits per heavy atom. The minimum Gasteiger partial charge on any atom is -0.377 e. The summed E-state index contributed by atoms with van der Waals surface area (Å²) in [6, 6.07) is 0. The van der Waals surface area contributed by atoms with Gasteiger partial charge in [-0.15, -0.1) is 0 Å². The zero-order valence-electron chi connectivity index (χ0n) is 16.5. The molecule has 0 amide bonds. The molecule has 0 rings (SSSR count). The zero-order valence-corrected chi connectivity index (χ0v) is 18.9. The van der Waals surface area contributed by atoms with Crippen LogP contribution in [0.2, 0.25) is 0 Å². The monoisotopic (exact) mass is 422 g/mol. The molecule has 3 heteroatoms. The van der Waals surface area contributed by atoms with Crippen molar-refractivity contribution in [3.63, 3.8) is 0 Å². The van der Waals surface area contributed by atoms with Gasteiger partial charge in [-0.25, -0.2) is 0 Å². The van der Waals surface area contributed by atoms with Gasteiger partial charge in [0.1, 0.15) is 0 Å². The topological polar surface area (TPSA) is 9.23 Å². The van der Waals surface area contributed by atoms with Gasteiger partial charge in [-0.3, -0.25) is 0 Å². The molecule has 0 aromatic rings. The van der Waals surface area contributed by atoms with Crippen molar-refractivity contribution in [1.82, 2.24) is 0 Å². The molecule has 146 valence electrons. The summed E-state index contributed by atoms with van der Waals surface area (Å²) in [5, 5.41) is 0.965. The van der Waals surface area contributed by atoms with Crippen LogP contribution in [-0.4, -0.2) is 29.5 Å². The Kier molecular flexibility index (Phi) is 22.6. The summed E-state index contributed by atoms with van der Waals surface area (Å²) in [6.07, 6.45) is 20.6. The van der Waals surface area contributed by atoms with Gasteiger partial charge in [0.25, 0.3) is 0 Å². The minimum absolute atomic E-state index is 0.395. The molecule has 24 heavy (non-hydrogen) atoms. The van der Waals surface area contributed by atoms with E-state index in [1.807, 2.05) is 0 Å². The first kappa shape index (κ1) is 24.8. The van der Waals surface area contributed by atoms with Gasteiger partial charge in [-0.1, -0.05) is 106 Å². The van der Waals surface area contributed by atoms with Crippen molar-refractivity contribution in [3.05, 3.63) is 0 Å². The van der Waals surface area contributed by atoms with Gasteiger partial charge in [-0.05, 0) is 19.1 Å². The summed E-state index contributed by atoms with van der Waals surface area (Å²) >= 11 is 5.58. The highest BCUT2D eigenvalue weighted by atomic mass is 79.9. The summed E-state index contributed by atoms with van der Waals surface area (Å²) in [6.45, 7) is 5.20. The molecule has 0 aromatic heterocycles. The van der Waals surface area contributed by atoms with E-state index in [0.29, 0.717) is 6.10 Å². The number of thioether (sulfide) groups is 1. The van der Waals surface area contributed by atoms with Crippen LogP contribution in [0, 0.1) is 0 Å². The average Bonchev–Trinajstić information content (AvgIpc) is 2.60. The number of halogens is 1. The second kappa shape index (κ2) is 21.8. The van der Waals surface area contributed by atoms with Crippen LogP contribution in [0.1, 0.15) is 104 Å². The fourth-order valence-corrected chi connectivity index (χ4v) is 4.76. The molecule has 0 aliphatic heterocycles. The van der Waals surface area contributed by atoms with E-state index in [-0.39, 0.29) is 0 Å². The van der Waals surface area contributed by atoms with Gasteiger partial charge in [0.05, 0.1) is 6.10 Å². The van der Waals surface area contributed by atoms with Gasteiger partial charge < -0.3 is 4.74 Å². The average molecular weight is 424 g/mol. The van der Waals surface area contributed by atoms with E-state index in [4.69, 9.17) is 4.74 Å². The predicted octanol–water partition coefficient (Wildman–Crippen LogP) is 8.00. The molecule has 0 bridgehead atoms. The maximum atomic E-state index is 5.65. The molecular weight excluding hydrogens is 380 g/mol. The molecule has 0 saturated heterocycles. The predicted molar refractivity (Wildman–Crippen MR) is 117 cm³/mol. The standard InChI is InChI=1S/C21H43BrOS/c1-3-5-6-7-8-9-10-11-12-13-14-15-16-17-18-24-20-21(19-22)23-4-2/h21H,3-20H2,1-2H3. The molecule has 1 atom stereocenters. The second-order valence-corrected chi connectivity index (χ2v) is 8.70. The van der Waals surface area contributed by atoms with E-state index in [0.717, 1.165) is 17.7 Å². The molecule has 1 nitrogen and oxygen atoms in total. The summed E-state index contributed by atoms with van der Waals surface area (Å²) < 4.78 is 5.65. The first-order valence-electron chi connectivity index (χ1n) is 10.6. The zero-order chi connectivity index (χ0) is 17.7. The smallest absolute Gasteiger partial charge is 0.0761 e. The Balaban J connectivity index is 3.07. The molecule has 0 N–H and O–H groups in total.